The fourth-order valence-electron chi connectivity index (χ4n) is 2.88. The van der Waals surface area contributed by atoms with Gasteiger partial charge in [0, 0.05) is 19.1 Å². The molecule has 2 aliphatic heterocycles. The Bertz CT molecular complexity index is 499. The molecule has 0 aromatic carbocycles. The molecule has 102 valence electrons. The van der Waals surface area contributed by atoms with E-state index in [0.29, 0.717) is 5.92 Å². The lowest BCUT2D eigenvalue weighted by molar-refractivity contribution is 0.0897. The predicted molar refractivity (Wildman–Crippen MR) is 69.1 cm³/mol. The minimum atomic E-state index is -0.366. The van der Waals surface area contributed by atoms with E-state index in [-0.39, 0.29) is 28.7 Å². The third-order valence-corrected chi connectivity index (χ3v) is 4.00. The molecule has 0 radical (unpaired) electrons. The third kappa shape index (κ3) is 2.64. The van der Waals surface area contributed by atoms with Crippen molar-refractivity contribution >= 4 is 17.5 Å². The molecule has 2 aliphatic rings. The second-order valence-electron chi connectivity index (χ2n) is 5.19. The maximum absolute atomic E-state index is 12.0. The van der Waals surface area contributed by atoms with Gasteiger partial charge < -0.3 is 15.3 Å². The number of halogens is 1. The Morgan fingerprint density at radius 3 is 3.11 bits per heavy atom. The SMILES string of the molecule is O=C(N[C@@H]1C[C@H]2CCN(C2)C1)c1ncc(Cl)c(O)n1. The van der Waals surface area contributed by atoms with Crippen molar-refractivity contribution in [3.63, 3.8) is 0 Å². The Balaban J connectivity index is 1.66. The van der Waals surface area contributed by atoms with E-state index in [9.17, 15) is 9.90 Å². The Labute approximate surface area is 115 Å². The van der Waals surface area contributed by atoms with Crippen LogP contribution in [0.3, 0.4) is 0 Å². The number of amides is 1. The number of rotatable bonds is 2. The lowest BCUT2D eigenvalue weighted by Crippen LogP contribution is -2.47. The Morgan fingerprint density at radius 1 is 1.53 bits per heavy atom. The molecule has 2 fully saturated rings. The average molecular weight is 283 g/mol. The van der Waals surface area contributed by atoms with Crippen molar-refractivity contribution in [2.75, 3.05) is 19.6 Å². The van der Waals surface area contributed by atoms with Crippen LogP contribution in [0.1, 0.15) is 23.5 Å². The Kier molecular flexibility index (Phi) is 3.28. The highest BCUT2D eigenvalue weighted by Gasteiger charge is 2.33. The van der Waals surface area contributed by atoms with Crippen LogP contribution in [0.5, 0.6) is 5.88 Å². The number of piperidine rings is 1. The topological polar surface area (TPSA) is 78.4 Å². The number of hydrogen-bond acceptors (Lipinski definition) is 5. The molecule has 1 unspecified atom stereocenters. The molecule has 1 aromatic rings. The lowest BCUT2D eigenvalue weighted by Gasteiger charge is -2.30. The molecule has 6 nitrogen and oxygen atoms in total. The molecule has 2 bridgehead atoms. The van der Waals surface area contributed by atoms with Crippen LogP contribution in [0.4, 0.5) is 0 Å². The molecule has 2 saturated heterocycles. The second kappa shape index (κ2) is 4.94. The third-order valence-electron chi connectivity index (χ3n) is 3.73. The summed E-state index contributed by atoms with van der Waals surface area (Å²) in [6.07, 6.45) is 3.44. The van der Waals surface area contributed by atoms with Crippen LogP contribution in [0.25, 0.3) is 0 Å². The summed E-state index contributed by atoms with van der Waals surface area (Å²) in [5.74, 6) is -0.0952. The zero-order valence-corrected chi connectivity index (χ0v) is 11.1. The Hall–Kier alpha value is -1.40. The summed E-state index contributed by atoms with van der Waals surface area (Å²) in [7, 11) is 0. The number of hydrogen-bond donors (Lipinski definition) is 2. The van der Waals surface area contributed by atoms with Gasteiger partial charge in [0.1, 0.15) is 5.02 Å². The van der Waals surface area contributed by atoms with Gasteiger partial charge in [-0.1, -0.05) is 11.6 Å². The van der Waals surface area contributed by atoms with Crippen molar-refractivity contribution in [1.82, 2.24) is 20.2 Å². The van der Waals surface area contributed by atoms with Gasteiger partial charge in [-0.05, 0) is 25.3 Å². The van der Waals surface area contributed by atoms with E-state index < -0.39 is 0 Å². The first-order chi connectivity index (χ1) is 9.11. The van der Waals surface area contributed by atoms with Crippen LogP contribution in [0, 0.1) is 5.92 Å². The van der Waals surface area contributed by atoms with Crippen molar-refractivity contribution in [2.45, 2.75) is 18.9 Å². The monoisotopic (exact) mass is 282 g/mol. The van der Waals surface area contributed by atoms with E-state index in [1.165, 1.54) is 12.6 Å². The van der Waals surface area contributed by atoms with Crippen LogP contribution in [-0.4, -0.2) is 51.6 Å². The normalized spacial score (nSPS) is 29.2. The maximum atomic E-state index is 12.0. The zero-order valence-electron chi connectivity index (χ0n) is 10.3. The van der Waals surface area contributed by atoms with Crippen molar-refractivity contribution in [2.24, 2.45) is 5.92 Å². The summed E-state index contributed by atoms with van der Waals surface area (Å²) in [6.45, 7) is 3.14. The molecule has 0 aliphatic carbocycles. The minimum Gasteiger partial charge on any atom is -0.492 e. The standard InChI is InChI=1S/C12H15ClN4O2/c13-9-4-14-10(16-11(9)18)12(19)15-8-3-7-1-2-17(5-7)6-8/h4,7-8H,1-3,5-6H2,(H,15,19)(H,14,16,18)/t7-,8-/m1/s1. The van der Waals surface area contributed by atoms with Crippen LogP contribution in [0.15, 0.2) is 6.20 Å². The van der Waals surface area contributed by atoms with Gasteiger partial charge in [0.25, 0.3) is 5.91 Å². The molecule has 3 heterocycles. The molecule has 0 saturated carbocycles. The molecule has 3 rings (SSSR count). The number of aromatic hydroxyl groups is 1. The summed E-state index contributed by atoms with van der Waals surface area (Å²) >= 11 is 5.61. The number of nitrogens with zero attached hydrogens (tertiary/aromatic N) is 3. The van der Waals surface area contributed by atoms with Gasteiger partial charge in [-0.25, -0.2) is 4.98 Å². The summed E-state index contributed by atoms with van der Waals surface area (Å²) < 4.78 is 0. The van der Waals surface area contributed by atoms with E-state index in [1.807, 2.05) is 0 Å². The zero-order chi connectivity index (χ0) is 13.4. The number of carbonyl (C=O) groups is 1. The summed E-state index contributed by atoms with van der Waals surface area (Å²) in [6, 6.07) is 0.134. The average Bonchev–Trinajstić information content (AvgIpc) is 2.72. The van der Waals surface area contributed by atoms with Gasteiger partial charge in [0.05, 0.1) is 6.20 Å². The van der Waals surface area contributed by atoms with Gasteiger partial charge in [-0.15, -0.1) is 0 Å². The molecule has 0 spiro atoms. The minimum absolute atomic E-state index is 0.0402. The summed E-state index contributed by atoms with van der Waals surface area (Å²) in [5, 5.41) is 12.3. The van der Waals surface area contributed by atoms with Crippen molar-refractivity contribution in [3.8, 4) is 5.88 Å². The highest BCUT2D eigenvalue weighted by atomic mass is 35.5. The summed E-state index contributed by atoms with van der Waals surface area (Å²) in [4.78, 5) is 21.9. The second-order valence-corrected chi connectivity index (χ2v) is 5.59. The van der Waals surface area contributed by atoms with Crippen LogP contribution in [-0.2, 0) is 0 Å². The highest BCUT2D eigenvalue weighted by Crippen LogP contribution is 2.26. The summed E-state index contributed by atoms with van der Waals surface area (Å²) in [5.41, 5.74) is 0. The van der Waals surface area contributed by atoms with Gasteiger partial charge in [0.15, 0.2) is 0 Å². The fraction of sp³-hybridized carbons (Fsp3) is 0.583. The molecule has 3 atom stereocenters. The van der Waals surface area contributed by atoms with Crippen LogP contribution in [0.2, 0.25) is 5.02 Å². The number of carbonyl (C=O) groups excluding carboxylic acids is 1. The van der Waals surface area contributed by atoms with Crippen LogP contribution < -0.4 is 5.32 Å². The van der Waals surface area contributed by atoms with E-state index in [4.69, 9.17) is 11.6 Å². The molecule has 19 heavy (non-hydrogen) atoms. The van der Waals surface area contributed by atoms with Gasteiger partial charge in [-0.2, -0.15) is 4.98 Å². The van der Waals surface area contributed by atoms with Crippen molar-refractivity contribution in [1.29, 1.82) is 0 Å². The van der Waals surface area contributed by atoms with Gasteiger partial charge in [-0.3, -0.25) is 4.79 Å². The fourth-order valence-corrected chi connectivity index (χ4v) is 2.97. The van der Waals surface area contributed by atoms with Gasteiger partial charge in [0.2, 0.25) is 11.7 Å². The molecule has 1 aromatic heterocycles. The first-order valence-corrected chi connectivity index (χ1v) is 6.74. The number of nitrogens with one attached hydrogen (secondary N) is 1. The first-order valence-electron chi connectivity index (χ1n) is 6.36. The molecule has 1 amide bonds. The van der Waals surface area contributed by atoms with Crippen molar-refractivity contribution in [3.05, 3.63) is 17.0 Å². The molecular formula is C12H15ClN4O2. The predicted octanol–water partition coefficient (Wildman–Crippen LogP) is 0.660. The highest BCUT2D eigenvalue weighted by molar-refractivity contribution is 6.31. The number of fused-ring (bicyclic) bond motifs is 2. The Morgan fingerprint density at radius 2 is 2.37 bits per heavy atom. The van der Waals surface area contributed by atoms with Crippen LogP contribution >= 0.6 is 11.6 Å². The van der Waals surface area contributed by atoms with Crippen molar-refractivity contribution < 1.29 is 9.90 Å². The van der Waals surface area contributed by atoms with E-state index in [1.54, 1.807) is 0 Å². The first kappa shape index (κ1) is 12.6. The molecule has 7 heteroatoms. The smallest absolute Gasteiger partial charge is 0.289 e. The molecular weight excluding hydrogens is 268 g/mol. The lowest BCUT2D eigenvalue weighted by atomic mass is 9.97. The van der Waals surface area contributed by atoms with E-state index in [2.05, 4.69) is 20.2 Å². The quantitative estimate of drug-likeness (QED) is 0.833. The van der Waals surface area contributed by atoms with E-state index >= 15 is 0 Å². The largest absolute Gasteiger partial charge is 0.492 e. The number of aromatic nitrogens is 2. The maximum Gasteiger partial charge on any atom is 0.289 e. The van der Waals surface area contributed by atoms with E-state index in [0.717, 1.165) is 26.1 Å². The van der Waals surface area contributed by atoms with Gasteiger partial charge >= 0.3 is 0 Å². The molecule has 2 N–H and O–H groups in total.